The van der Waals surface area contributed by atoms with Crippen molar-refractivity contribution in [2.24, 2.45) is 5.41 Å². The van der Waals surface area contributed by atoms with Gasteiger partial charge in [0.1, 0.15) is 0 Å². The Labute approximate surface area is 91.6 Å². The molecule has 0 amide bonds. The molecule has 2 rings (SSSR count). The second-order valence-electron chi connectivity index (χ2n) is 5.21. The fraction of sp³-hybridized carbons (Fsp3) is 0.538. The van der Waals surface area contributed by atoms with Crippen molar-refractivity contribution in [2.75, 3.05) is 0 Å². The third kappa shape index (κ3) is 1.36. The topological polar surface area (TPSA) is 21.3 Å². The summed E-state index contributed by atoms with van der Waals surface area (Å²) in [6, 6.07) is 8.26. The van der Waals surface area contributed by atoms with Crippen molar-refractivity contribution in [1.82, 2.24) is 5.48 Å². The van der Waals surface area contributed by atoms with Crippen LogP contribution in [0, 0.1) is 5.41 Å². The Kier molecular flexibility index (Phi) is 2.27. The van der Waals surface area contributed by atoms with Gasteiger partial charge >= 0.3 is 0 Å². The molecule has 0 bridgehead atoms. The number of hydroxylamine groups is 1. The molecule has 15 heavy (non-hydrogen) atoms. The van der Waals surface area contributed by atoms with E-state index in [9.17, 15) is 0 Å². The van der Waals surface area contributed by atoms with Gasteiger partial charge < -0.3 is 4.84 Å². The number of rotatable bonds is 1. The summed E-state index contributed by atoms with van der Waals surface area (Å²) in [7, 11) is 0. The number of nitrogens with one attached hydrogen (secondary N) is 1. The number of hydrogen-bond donors (Lipinski definition) is 1. The summed E-state index contributed by atoms with van der Waals surface area (Å²) in [5, 5.41) is 0. The highest BCUT2D eigenvalue weighted by atomic mass is 16.7. The lowest BCUT2D eigenvalue weighted by molar-refractivity contribution is 0.0395. The first-order valence-corrected chi connectivity index (χ1v) is 5.55. The molecule has 1 aromatic rings. The summed E-state index contributed by atoms with van der Waals surface area (Å²) in [5.41, 5.74) is 4.57. The predicted octanol–water partition coefficient (Wildman–Crippen LogP) is 3.24. The molecular weight excluding hydrogens is 186 g/mol. The van der Waals surface area contributed by atoms with Gasteiger partial charge in [-0.25, -0.2) is 0 Å². The maximum Gasteiger partial charge on any atom is 0.152 e. The Morgan fingerprint density at radius 3 is 2.53 bits per heavy atom. The molecule has 0 spiro atoms. The Balaban J connectivity index is 2.56. The lowest BCUT2D eigenvalue weighted by Gasteiger charge is -2.40. The van der Waals surface area contributed by atoms with Crippen molar-refractivity contribution in [1.29, 1.82) is 0 Å². The molecule has 2 nitrogen and oxygen atoms in total. The van der Waals surface area contributed by atoms with Crippen molar-refractivity contribution in [3.05, 3.63) is 29.8 Å². The van der Waals surface area contributed by atoms with Gasteiger partial charge in [-0.05, 0) is 17.9 Å². The van der Waals surface area contributed by atoms with E-state index in [1.54, 1.807) is 0 Å². The van der Waals surface area contributed by atoms with Gasteiger partial charge in [0.25, 0.3) is 0 Å². The quantitative estimate of drug-likeness (QED) is 0.760. The normalized spacial score (nSPS) is 24.8. The Hall–Kier alpha value is -1.02. The zero-order valence-corrected chi connectivity index (χ0v) is 9.92. The maximum atomic E-state index is 5.58. The van der Waals surface area contributed by atoms with Crippen molar-refractivity contribution >= 4 is 0 Å². The van der Waals surface area contributed by atoms with Crippen LogP contribution in [0.3, 0.4) is 0 Å². The molecule has 1 unspecified atom stereocenters. The average molecular weight is 205 g/mol. The summed E-state index contributed by atoms with van der Waals surface area (Å²) in [6.07, 6.45) is 1.02. The first-order valence-electron chi connectivity index (χ1n) is 5.55. The monoisotopic (exact) mass is 205 g/mol. The standard InChI is InChI=1S/C13H19NO/c1-5-13(12(2,3)4)10-8-6-7-9-11(10)15-14-13/h6-9,14H,5H2,1-4H3. The molecule has 0 fully saturated rings. The minimum atomic E-state index is -0.0659. The van der Waals surface area contributed by atoms with E-state index < -0.39 is 0 Å². The second kappa shape index (κ2) is 3.24. The van der Waals surface area contributed by atoms with Crippen LogP contribution in [0.2, 0.25) is 0 Å². The molecule has 1 aromatic carbocycles. The van der Waals surface area contributed by atoms with E-state index in [2.05, 4.69) is 45.3 Å². The van der Waals surface area contributed by atoms with Crippen LogP contribution in [0.15, 0.2) is 24.3 Å². The van der Waals surface area contributed by atoms with Gasteiger partial charge in [0.05, 0.1) is 5.54 Å². The maximum absolute atomic E-state index is 5.58. The van der Waals surface area contributed by atoms with Crippen LogP contribution < -0.4 is 10.3 Å². The van der Waals surface area contributed by atoms with E-state index in [0.29, 0.717) is 0 Å². The van der Waals surface area contributed by atoms with Crippen LogP contribution in [-0.2, 0) is 5.54 Å². The highest BCUT2D eigenvalue weighted by molar-refractivity contribution is 5.43. The van der Waals surface area contributed by atoms with Crippen molar-refractivity contribution < 1.29 is 4.84 Å². The molecule has 1 heterocycles. The smallest absolute Gasteiger partial charge is 0.152 e. The Morgan fingerprint density at radius 2 is 1.93 bits per heavy atom. The number of fused-ring (bicyclic) bond motifs is 1. The van der Waals surface area contributed by atoms with Crippen LogP contribution >= 0.6 is 0 Å². The fourth-order valence-corrected chi connectivity index (χ4v) is 2.46. The van der Waals surface area contributed by atoms with E-state index in [1.165, 1.54) is 5.56 Å². The average Bonchev–Trinajstić information content (AvgIpc) is 2.56. The molecule has 82 valence electrons. The van der Waals surface area contributed by atoms with E-state index in [4.69, 9.17) is 4.84 Å². The van der Waals surface area contributed by atoms with Crippen LogP contribution in [0.25, 0.3) is 0 Å². The van der Waals surface area contributed by atoms with Gasteiger partial charge in [-0.15, -0.1) is 5.48 Å². The lowest BCUT2D eigenvalue weighted by Crippen LogP contribution is -2.48. The molecule has 0 saturated carbocycles. The number of hydrogen-bond acceptors (Lipinski definition) is 2. The van der Waals surface area contributed by atoms with Crippen LogP contribution in [0.4, 0.5) is 0 Å². The first-order chi connectivity index (χ1) is 7.01. The van der Waals surface area contributed by atoms with Gasteiger partial charge in [-0.3, -0.25) is 0 Å². The third-order valence-electron chi connectivity index (χ3n) is 3.49. The highest BCUT2D eigenvalue weighted by Gasteiger charge is 2.48. The third-order valence-corrected chi connectivity index (χ3v) is 3.49. The minimum absolute atomic E-state index is 0.0659. The first kappa shape index (κ1) is 10.5. The zero-order valence-electron chi connectivity index (χ0n) is 9.92. The molecule has 0 aromatic heterocycles. The summed E-state index contributed by atoms with van der Waals surface area (Å²) in [5.74, 6) is 0.967. The van der Waals surface area contributed by atoms with Crippen molar-refractivity contribution in [2.45, 2.75) is 39.7 Å². The lowest BCUT2D eigenvalue weighted by atomic mass is 9.68. The summed E-state index contributed by atoms with van der Waals surface area (Å²) in [4.78, 5) is 5.58. The molecule has 1 aliphatic heterocycles. The SMILES string of the molecule is CCC1(C(C)(C)C)NOc2ccccc21. The van der Waals surface area contributed by atoms with E-state index in [1.807, 2.05) is 12.1 Å². The molecule has 0 saturated heterocycles. The molecule has 1 N–H and O–H groups in total. The Morgan fingerprint density at radius 1 is 1.27 bits per heavy atom. The molecule has 0 aliphatic carbocycles. The highest BCUT2D eigenvalue weighted by Crippen LogP contribution is 2.48. The van der Waals surface area contributed by atoms with Gasteiger partial charge in [-0.1, -0.05) is 45.9 Å². The fourth-order valence-electron chi connectivity index (χ4n) is 2.46. The molecule has 1 aliphatic rings. The summed E-state index contributed by atoms with van der Waals surface area (Å²) in [6.45, 7) is 8.93. The largest absolute Gasteiger partial charge is 0.407 e. The number of benzene rings is 1. The van der Waals surface area contributed by atoms with Crippen LogP contribution in [0.1, 0.15) is 39.7 Å². The van der Waals surface area contributed by atoms with Crippen molar-refractivity contribution in [3.63, 3.8) is 0 Å². The molecule has 1 atom stereocenters. The van der Waals surface area contributed by atoms with E-state index >= 15 is 0 Å². The van der Waals surface area contributed by atoms with Gasteiger partial charge in [0, 0.05) is 5.56 Å². The number of para-hydroxylation sites is 1. The van der Waals surface area contributed by atoms with Crippen molar-refractivity contribution in [3.8, 4) is 5.75 Å². The summed E-state index contributed by atoms with van der Waals surface area (Å²) >= 11 is 0. The van der Waals surface area contributed by atoms with Crippen LogP contribution in [0.5, 0.6) is 5.75 Å². The van der Waals surface area contributed by atoms with Gasteiger partial charge in [0.15, 0.2) is 5.75 Å². The van der Waals surface area contributed by atoms with Crippen LogP contribution in [-0.4, -0.2) is 0 Å². The second-order valence-corrected chi connectivity index (χ2v) is 5.21. The molecule has 2 heteroatoms. The van der Waals surface area contributed by atoms with Gasteiger partial charge in [0.2, 0.25) is 0 Å². The molecular formula is C13H19NO. The summed E-state index contributed by atoms with van der Waals surface area (Å²) < 4.78 is 0. The predicted molar refractivity (Wildman–Crippen MR) is 61.6 cm³/mol. The minimum Gasteiger partial charge on any atom is -0.407 e. The van der Waals surface area contributed by atoms with E-state index in [-0.39, 0.29) is 11.0 Å². The van der Waals surface area contributed by atoms with E-state index in [0.717, 1.165) is 12.2 Å². The Bertz CT molecular complexity index is 367. The molecule has 0 radical (unpaired) electrons. The zero-order chi connectivity index (χ0) is 11.1. The van der Waals surface area contributed by atoms with Gasteiger partial charge in [-0.2, -0.15) is 0 Å².